The molecule has 2 rings (SSSR count). The smallest absolute Gasteiger partial charge is 0.183 e. The van der Waals surface area contributed by atoms with Crippen LogP contribution in [0, 0.1) is 0 Å². The molecule has 16 heavy (non-hydrogen) atoms. The van der Waals surface area contributed by atoms with Crippen LogP contribution < -0.4 is 10.1 Å². The molecule has 0 unspecified atom stereocenters. The number of aromatic nitrogens is 1. The highest BCUT2D eigenvalue weighted by atomic mass is 32.1. The summed E-state index contributed by atoms with van der Waals surface area (Å²) < 4.78 is 6.90. The maximum Gasteiger partial charge on any atom is 0.183 e. The van der Waals surface area contributed by atoms with Crippen molar-refractivity contribution in [3.63, 3.8) is 0 Å². The van der Waals surface area contributed by atoms with E-state index < -0.39 is 0 Å². The summed E-state index contributed by atoms with van der Waals surface area (Å²) in [6, 6.07) is 6.05. The number of thiazole rings is 1. The predicted octanol–water partition coefficient (Wildman–Crippen LogP) is 3.52. The molecule has 0 saturated heterocycles. The van der Waals surface area contributed by atoms with Gasteiger partial charge in [0.1, 0.15) is 11.3 Å². The molecule has 3 nitrogen and oxygen atoms in total. The monoisotopic (exact) mass is 236 g/mol. The summed E-state index contributed by atoms with van der Waals surface area (Å²) in [5, 5.41) is 4.19. The van der Waals surface area contributed by atoms with Gasteiger partial charge in [0.2, 0.25) is 0 Å². The third-order valence-electron chi connectivity index (χ3n) is 2.07. The van der Waals surface area contributed by atoms with Gasteiger partial charge in [-0.25, -0.2) is 4.98 Å². The first-order chi connectivity index (χ1) is 7.70. The summed E-state index contributed by atoms with van der Waals surface area (Å²) >= 11 is 1.66. The van der Waals surface area contributed by atoms with Crippen LogP contribution in [0.25, 0.3) is 10.2 Å². The number of ether oxygens (including phenoxy) is 1. The lowest BCUT2D eigenvalue weighted by atomic mass is 10.3. The summed E-state index contributed by atoms with van der Waals surface area (Å²) in [6.45, 7) is 7.00. The first kappa shape index (κ1) is 11.2. The van der Waals surface area contributed by atoms with E-state index in [1.54, 1.807) is 11.3 Å². The Morgan fingerprint density at radius 3 is 2.94 bits per heavy atom. The first-order valence-electron chi connectivity index (χ1n) is 5.50. The van der Waals surface area contributed by atoms with Crippen molar-refractivity contribution >= 4 is 26.7 Å². The van der Waals surface area contributed by atoms with Crippen molar-refractivity contribution in [3.05, 3.63) is 18.2 Å². The molecular formula is C12H16N2OS. The molecule has 2 aromatic rings. The number of benzene rings is 1. The minimum absolute atomic E-state index is 0.176. The molecule has 0 aliphatic rings. The van der Waals surface area contributed by atoms with Gasteiger partial charge >= 0.3 is 0 Å². The Labute approximate surface area is 99.5 Å². The highest BCUT2D eigenvalue weighted by Gasteiger charge is 2.09. The summed E-state index contributed by atoms with van der Waals surface area (Å²) in [5.74, 6) is 0.868. The summed E-state index contributed by atoms with van der Waals surface area (Å²) in [6.07, 6.45) is 0.176. The van der Waals surface area contributed by atoms with Crippen molar-refractivity contribution in [3.8, 4) is 5.75 Å². The number of rotatable bonds is 4. The van der Waals surface area contributed by atoms with Crippen LogP contribution in [0.4, 0.5) is 5.13 Å². The number of fused-ring (bicyclic) bond motifs is 1. The Morgan fingerprint density at radius 2 is 2.25 bits per heavy atom. The molecule has 86 valence electrons. The minimum atomic E-state index is 0.176. The Bertz CT molecular complexity index is 479. The van der Waals surface area contributed by atoms with Crippen molar-refractivity contribution in [1.82, 2.24) is 4.98 Å². The Balaban J connectivity index is 2.41. The van der Waals surface area contributed by atoms with Crippen molar-refractivity contribution < 1.29 is 4.74 Å². The second kappa shape index (κ2) is 4.70. The third-order valence-corrected chi connectivity index (χ3v) is 3.05. The van der Waals surface area contributed by atoms with Crippen LogP contribution in [-0.2, 0) is 0 Å². The SMILES string of the molecule is CCNc1nc2c(OC(C)C)cccc2s1. The van der Waals surface area contributed by atoms with Crippen molar-refractivity contribution in [2.45, 2.75) is 26.9 Å². The maximum atomic E-state index is 5.74. The number of anilines is 1. The fourth-order valence-electron chi connectivity index (χ4n) is 1.50. The van der Waals surface area contributed by atoms with E-state index in [-0.39, 0.29) is 6.10 Å². The Hall–Kier alpha value is -1.29. The van der Waals surface area contributed by atoms with Gasteiger partial charge in [0.05, 0.1) is 10.8 Å². The van der Waals surface area contributed by atoms with Crippen LogP contribution in [-0.4, -0.2) is 17.6 Å². The zero-order valence-electron chi connectivity index (χ0n) is 9.78. The number of hydrogen-bond donors (Lipinski definition) is 1. The second-order valence-electron chi connectivity index (χ2n) is 3.82. The molecule has 4 heteroatoms. The average Bonchev–Trinajstić information content (AvgIpc) is 2.61. The molecule has 1 aromatic heterocycles. The van der Waals surface area contributed by atoms with Gasteiger partial charge in [0, 0.05) is 6.54 Å². The van der Waals surface area contributed by atoms with Crippen LogP contribution in [0.1, 0.15) is 20.8 Å². The predicted molar refractivity (Wildman–Crippen MR) is 69.5 cm³/mol. The molecule has 0 radical (unpaired) electrons. The molecular weight excluding hydrogens is 220 g/mol. The topological polar surface area (TPSA) is 34.2 Å². The highest BCUT2D eigenvalue weighted by Crippen LogP contribution is 2.32. The maximum absolute atomic E-state index is 5.74. The first-order valence-corrected chi connectivity index (χ1v) is 6.32. The standard InChI is InChI=1S/C12H16N2OS/c1-4-13-12-14-11-9(15-8(2)3)6-5-7-10(11)16-12/h5-8H,4H2,1-3H3,(H,13,14). The van der Waals surface area contributed by atoms with Gasteiger partial charge in [0.15, 0.2) is 5.13 Å². The molecule has 0 bridgehead atoms. The lowest BCUT2D eigenvalue weighted by molar-refractivity contribution is 0.245. The Kier molecular flexibility index (Phi) is 3.29. The quantitative estimate of drug-likeness (QED) is 0.882. The molecule has 1 aromatic carbocycles. The fraction of sp³-hybridized carbons (Fsp3) is 0.417. The number of para-hydroxylation sites is 1. The molecule has 0 atom stereocenters. The van der Waals surface area contributed by atoms with Gasteiger partial charge in [0.25, 0.3) is 0 Å². The number of nitrogens with one attached hydrogen (secondary N) is 1. The van der Waals surface area contributed by atoms with Gasteiger partial charge in [-0.3, -0.25) is 0 Å². The van der Waals surface area contributed by atoms with E-state index in [0.717, 1.165) is 27.6 Å². The van der Waals surface area contributed by atoms with E-state index in [9.17, 15) is 0 Å². The molecule has 0 amide bonds. The molecule has 1 heterocycles. The van der Waals surface area contributed by atoms with Gasteiger partial charge in [-0.15, -0.1) is 0 Å². The summed E-state index contributed by atoms with van der Waals surface area (Å²) in [4.78, 5) is 4.54. The van der Waals surface area contributed by atoms with Gasteiger partial charge in [-0.2, -0.15) is 0 Å². The second-order valence-corrected chi connectivity index (χ2v) is 4.85. The van der Waals surface area contributed by atoms with Crippen molar-refractivity contribution in [2.24, 2.45) is 0 Å². The highest BCUT2D eigenvalue weighted by molar-refractivity contribution is 7.22. The van der Waals surface area contributed by atoms with E-state index in [1.165, 1.54) is 0 Å². The number of hydrogen-bond acceptors (Lipinski definition) is 4. The van der Waals surface area contributed by atoms with Crippen molar-refractivity contribution in [2.75, 3.05) is 11.9 Å². The van der Waals surface area contributed by atoms with Gasteiger partial charge in [-0.05, 0) is 32.9 Å². The third kappa shape index (κ3) is 2.27. The van der Waals surface area contributed by atoms with E-state index in [0.29, 0.717) is 0 Å². The van der Waals surface area contributed by atoms with Crippen LogP contribution in [0.15, 0.2) is 18.2 Å². The molecule has 0 spiro atoms. The van der Waals surface area contributed by atoms with Gasteiger partial charge < -0.3 is 10.1 Å². The largest absolute Gasteiger partial charge is 0.489 e. The van der Waals surface area contributed by atoms with E-state index in [4.69, 9.17) is 4.74 Å². The molecule has 0 aliphatic heterocycles. The zero-order valence-corrected chi connectivity index (χ0v) is 10.6. The summed E-state index contributed by atoms with van der Waals surface area (Å²) in [5.41, 5.74) is 0.956. The normalized spacial score (nSPS) is 11.0. The van der Waals surface area contributed by atoms with E-state index >= 15 is 0 Å². The lowest BCUT2D eigenvalue weighted by Gasteiger charge is -2.09. The van der Waals surface area contributed by atoms with E-state index in [2.05, 4.69) is 23.3 Å². The summed E-state index contributed by atoms with van der Waals surface area (Å²) in [7, 11) is 0. The number of nitrogens with zero attached hydrogens (tertiary/aromatic N) is 1. The molecule has 0 fully saturated rings. The minimum Gasteiger partial charge on any atom is -0.489 e. The van der Waals surface area contributed by atoms with Crippen LogP contribution in [0.2, 0.25) is 0 Å². The van der Waals surface area contributed by atoms with Crippen LogP contribution >= 0.6 is 11.3 Å². The molecule has 1 N–H and O–H groups in total. The lowest BCUT2D eigenvalue weighted by Crippen LogP contribution is -2.05. The zero-order chi connectivity index (χ0) is 11.5. The van der Waals surface area contributed by atoms with E-state index in [1.807, 2.05) is 26.0 Å². The van der Waals surface area contributed by atoms with Crippen LogP contribution in [0.3, 0.4) is 0 Å². The fourth-order valence-corrected chi connectivity index (χ4v) is 2.45. The van der Waals surface area contributed by atoms with Gasteiger partial charge in [-0.1, -0.05) is 17.4 Å². The van der Waals surface area contributed by atoms with Crippen molar-refractivity contribution in [1.29, 1.82) is 0 Å². The average molecular weight is 236 g/mol. The molecule has 0 saturated carbocycles. The van der Waals surface area contributed by atoms with Crippen LogP contribution in [0.5, 0.6) is 5.75 Å². The molecule has 0 aliphatic carbocycles. The Morgan fingerprint density at radius 1 is 1.44 bits per heavy atom.